The van der Waals surface area contributed by atoms with E-state index in [9.17, 15) is 9.90 Å². The molecular weight excluding hydrogens is 230 g/mol. The summed E-state index contributed by atoms with van der Waals surface area (Å²) in [6.07, 6.45) is 5.11. The first-order valence-corrected chi connectivity index (χ1v) is 6.08. The Labute approximate surface area is 106 Å². The van der Waals surface area contributed by atoms with Crippen LogP contribution in [0.25, 0.3) is 0 Å². The average molecular weight is 245 g/mol. The smallest absolute Gasteiger partial charge is 0.326 e. The maximum atomic E-state index is 11.3. The van der Waals surface area contributed by atoms with Gasteiger partial charge >= 0.3 is 5.97 Å². The van der Waals surface area contributed by atoms with Crippen molar-refractivity contribution in [3.8, 4) is 6.07 Å². The molecule has 0 amide bonds. The van der Waals surface area contributed by atoms with Crippen LogP contribution in [0.2, 0.25) is 0 Å². The third-order valence-corrected chi connectivity index (χ3v) is 3.21. The van der Waals surface area contributed by atoms with Crippen LogP contribution in [-0.2, 0) is 4.79 Å². The molecule has 1 unspecified atom stereocenters. The molecule has 0 spiro atoms. The molecule has 18 heavy (non-hydrogen) atoms. The van der Waals surface area contributed by atoms with Gasteiger partial charge in [0.1, 0.15) is 11.9 Å². The van der Waals surface area contributed by atoms with Gasteiger partial charge in [0.05, 0.1) is 11.6 Å². The lowest BCUT2D eigenvalue weighted by Crippen LogP contribution is -2.41. The highest BCUT2D eigenvalue weighted by Crippen LogP contribution is 2.23. The molecule has 1 aliphatic rings. The fourth-order valence-electron chi connectivity index (χ4n) is 2.28. The Kier molecular flexibility index (Phi) is 3.78. The summed E-state index contributed by atoms with van der Waals surface area (Å²) in [6, 6.07) is 4.79. The number of hydrogen-bond acceptors (Lipinski definition) is 4. The van der Waals surface area contributed by atoms with Gasteiger partial charge in [-0.05, 0) is 25.0 Å². The molecular formula is C13H15N3O2. The van der Waals surface area contributed by atoms with Crippen LogP contribution in [0.3, 0.4) is 0 Å². The van der Waals surface area contributed by atoms with Crippen molar-refractivity contribution in [2.75, 3.05) is 11.4 Å². The minimum Gasteiger partial charge on any atom is -0.480 e. The van der Waals surface area contributed by atoms with Gasteiger partial charge in [0.2, 0.25) is 0 Å². The molecule has 2 heterocycles. The lowest BCUT2D eigenvalue weighted by Gasteiger charge is -2.27. The highest BCUT2D eigenvalue weighted by atomic mass is 16.4. The normalized spacial score (nSPS) is 19.9. The second-order valence-corrected chi connectivity index (χ2v) is 4.41. The quantitative estimate of drug-likeness (QED) is 0.859. The molecule has 1 aromatic heterocycles. The third-order valence-electron chi connectivity index (χ3n) is 3.21. The zero-order valence-electron chi connectivity index (χ0n) is 10.0. The van der Waals surface area contributed by atoms with Crippen LogP contribution in [0.15, 0.2) is 18.3 Å². The number of pyridine rings is 1. The number of nitrogens with zero attached hydrogens (tertiary/aromatic N) is 3. The molecule has 0 radical (unpaired) electrons. The van der Waals surface area contributed by atoms with Gasteiger partial charge in [-0.1, -0.05) is 12.8 Å². The molecule has 1 N–H and O–H groups in total. The summed E-state index contributed by atoms with van der Waals surface area (Å²) in [5, 5.41) is 18.2. The molecule has 1 aromatic rings. The number of rotatable bonds is 2. The number of nitriles is 1. The summed E-state index contributed by atoms with van der Waals surface area (Å²) in [4.78, 5) is 17.3. The van der Waals surface area contributed by atoms with E-state index in [0.717, 1.165) is 19.3 Å². The summed E-state index contributed by atoms with van der Waals surface area (Å²) in [6.45, 7) is 0.679. The molecule has 1 saturated heterocycles. The lowest BCUT2D eigenvalue weighted by molar-refractivity contribution is -0.138. The van der Waals surface area contributed by atoms with Crippen LogP contribution in [0.1, 0.15) is 31.2 Å². The van der Waals surface area contributed by atoms with Gasteiger partial charge in [0.15, 0.2) is 0 Å². The zero-order valence-corrected chi connectivity index (χ0v) is 10.0. The van der Waals surface area contributed by atoms with Crippen LogP contribution in [-0.4, -0.2) is 28.6 Å². The Morgan fingerprint density at radius 3 is 3.06 bits per heavy atom. The zero-order chi connectivity index (χ0) is 13.0. The minimum atomic E-state index is -0.818. The monoisotopic (exact) mass is 245 g/mol. The van der Waals surface area contributed by atoms with E-state index in [1.807, 2.05) is 0 Å². The van der Waals surface area contributed by atoms with Crippen LogP contribution >= 0.6 is 0 Å². The molecule has 0 saturated carbocycles. The largest absolute Gasteiger partial charge is 0.480 e. The molecule has 5 nitrogen and oxygen atoms in total. The van der Waals surface area contributed by atoms with Gasteiger partial charge in [0, 0.05) is 12.7 Å². The number of hydrogen-bond donors (Lipinski definition) is 1. The van der Waals surface area contributed by atoms with Crippen molar-refractivity contribution in [1.29, 1.82) is 5.26 Å². The van der Waals surface area contributed by atoms with Crippen LogP contribution in [0.4, 0.5) is 5.82 Å². The predicted molar refractivity (Wildman–Crippen MR) is 66.2 cm³/mol. The van der Waals surface area contributed by atoms with Crippen LogP contribution < -0.4 is 4.90 Å². The Bertz CT molecular complexity index is 481. The van der Waals surface area contributed by atoms with E-state index < -0.39 is 12.0 Å². The topological polar surface area (TPSA) is 77.2 Å². The molecule has 2 rings (SSSR count). The van der Waals surface area contributed by atoms with E-state index in [1.54, 1.807) is 23.2 Å². The number of carboxylic acid groups (broad SMARTS) is 1. The van der Waals surface area contributed by atoms with Gasteiger partial charge in [-0.25, -0.2) is 9.78 Å². The standard InChI is InChI=1S/C13H15N3O2/c14-9-10-5-6-15-12(8-10)16-7-3-1-2-4-11(16)13(17)18/h5-6,8,11H,1-4,7H2,(H,17,18). The Hall–Kier alpha value is -2.09. The van der Waals surface area contributed by atoms with Crippen LogP contribution in [0.5, 0.6) is 0 Å². The van der Waals surface area contributed by atoms with Gasteiger partial charge in [-0.2, -0.15) is 5.26 Å². The molecule has 1 aliphatic heterocycles. The Balaban J connectivity index is 2.32. The highest BCUT2D eigenvalue weighted by Gasteiger charge is 2.28. The third kappa shape index (κ3) is 2.59. The van der Waals surface area contributed by atoms with E-state index in [2.05, 4.69) is 11.1 Å². The maximum Gasteiger partial charge on any atom is 0.326 e. The number of carboxylic acids is 1. The average Bonchev–Trinajstić information content (AvgIpc) is 2.64. The molecule has 0 aromatic carbocycles. The van der Waals surface area contributed by atoms with E-state index in [0.29, 0.717) is 24.3 Å². The van der Waals surface area contributed by atoms with Crippen molar-refractivity contribution in [3.05, 3.63) is 23.9 Å². The van der Waals surface area contributed by atoms with E-state index in [-0.39, 0.29) is 0 Å². The lowest BCUT2D eigenvalue weighted by atomic mass is 10.1. The maximum absolute atomic E-state index is 11.3. The number of aliphatic carboxylic acids is 1. The second kappa shape index (κ2) is 5.50. The Morgan fingerprint density at radius 2 is 2.33 bits per heavy atom. The number of carbonyl (C=O) groups is 1. The molecule has 5 heteroatoms. The first kappa shape index (κ1) is 12.4. The van der Waals surface area contributed by atoms with E-state index in [4.69, 9.17) is 5.26 Å². The molecule has 1 fully saturated rings. The second-order valence-electron chi connectivity index (χ2n) is 4.41. The summed E-state index contributed by atoms with van der Waals surface area (Å²) in [7, 11) is 0. The van der Waals surface area contributed by atoms with Crippen molar-refractivity contribution < 1.29 is 9.90 Å². The predicted octanol–water partition coefficient (Wildman–Crippen LogP) is 1.79. The SMILES string of the molecule is N#Cc1ccnc(N2CCCCCC2C(=O)O)c1. The first-order valence-electron chi connectivity index (χ1n) is 6.08. The summed E-state index contributed by atoms with van der Waals surface area (Å²) in [5.74, 6) is -0.232. The van der Waals surface area contributed by atoms with Crippen LogP contribution in [0, 0.1) is 11.3 Å². The van der Waals surface area contributed by atoms with Crippen molar-refractivity contribution in [2.24, 2.45) is 0 Å². The van der Waals surface area contributed by atoms with Crippen molar-refractivity contribution in [2.45, 2.75) is 31.7 Å². The van der Waals surface area contributed by atoms with Gasteiger partial charge in [0.25, 0.3) is 0 Å². The van der Waals surface area contributed by atoms with E-state index >= 15 is 0 Å². The Morgan fingerprint density at radius 1 is 1.50 bits per heavy atom. The summed E-state index contributed by atoms with van der Waals surface area (Å²) >= 11 is 0. The van der Waals surface area contributed by atoms with Gasteiger partial charge < -0.3 is 10.0 Å². The summed E-state index contributed by atoms with van der Waals surface area (Å²) in [5.41, 5.74) is 0.508. The number of aromatic nitrogens is 1. The van der Waals surface area contributed by atoms with Crippen molar-refractivity contribution in [3.63, 3.8) is 0 Å². The summed E-state index contributed by atoms with van der Waals surface area (Å²) < 4.78 is 0. The molecule has 0 bridgehead atoms. The number of anilines is 1. The van der Waals surface area contributed by atoms with E-state index in [1.165, 1.54) is 0 Å². The molecule has 94 valence electrons. The van der Waals surface area contributed by atoms with Gasteiger partial charge in [-0.3, -0.25) is 0 Å². The van der Waals surface area contributed by atoms with Gasteiger partial charge in [-0.15, -0.1) is 0 Å². The molecule has 0 aliphatic carbocycles. The fourth-order valence-corrected chi connectivity index (χ4v) is 2.28. The minimum absolute atomic E-state index is 0.508. The highest BCUT2D eigenvalue weighted by molar-refractivity contribution is 5.77. The fraction of sp³-hybridized carbons (Fsp3) is 0.462. The molecule has 1 atom stereocenters. The van der Waals surface area contributed by atoms with Crippen molar-refractivity contribution >= 4 is 11.8 Å². The van der Waals surface area contributed by atoms with Crippen molar-refractivity contribution in [1.82, 2.24) is 4.98 Å². The first-order chi connectivity index (χ1) is 8.72.